The molecule has 0 radical (unpaired) electrons. The SMILES string of the molecule is Br.CN(Cc1cc([N+](=O)[O-])cc2[nH]c(=O)c(=O)[nH]c12)C(C)(C)P(=O)(O)O. The zero-order chi connectivity index (χ0) is 19.2. The largest absolute Gasteiger partial charge is 0.345 e. The molecular weight excluding hydrogens is 435 g/mol. The highest BCUT2D eigenvalue weighted by molar-refractivity contribution is 8.93. The second kappa shape index (κ2) is 7.41. The van der Waals surface area contributed by atoms with Gasteiger partial charge in [0.1, 0.15) is 5.28 Å². The first-order chi connectivity index (χ1) is 11.3. The van der Waals surface area contributed by atoms with Crippen molar-refractivity contribution in [1.82, 2.24) is 14.9 Å². The van der Waals surface area contributed by atoms with Crippen molar-refractivity contribution in [2.45, 2.75) is 25.7 Å². The molecule has 0 aliphatic rings. The Morgan fingerprint density at radius 3 is 2.27 bits per heavy atom. The van der Waals surface area contributed by atoms with Gasteiger partial charge in [0, 0.05) is 18.7 Å². The van der Waals surface area contributed by atoms with Crippen LogP contribution in [0.5, 0.6) is 0 Å². The van der Waals surface area contributed by atoms with Gasteiger partial charge in [-0.3, -0.25) is 29.2 Å². The minimum absolute atomic E-state index is 0. The van der Waals surface area contributed by atoms with Crippen LogP contribution in [0.4, 0.5) is 5.69 Å². The molecule has 0 atom stereocenters. The summed E-state index contributed by atoms with van der Waals surface area (Å²) in [6.07, 6.45) is 0. The van der Waals surface area contributed by atoms with Gasteiger partial charge in [-0.1, -0.05) is 0 Å². The second-order valence-corrected chi connectivity index (χ2v) is 8.27. The molecule has 0 unspecified atom stereocenters. The fraction of sp³-hybridized carbons (Fsp3) is 0.385. The number of hydrogen-bond acceptors (Lipinski definition) is 6. The monoisotopic (exact) mass is 452 g/mol. The molecule has 2 aromatic rings. The van der Waals surface area contributed by atoms with Crippen molar-refractivity contribution in [2.24, 2.45) is 0 Å². The third-order valence-electron chi connectivity index (χ3n) is 4.16. The number of H-pyrrole nitrogens is 2. The van der Waals surface area contributed by atoms with Crippen molar-refractivity contribution < 1.29 is 19.3 Å². The first-order valence-electron chi connectivity index (χ1n) is 7.05. The molecule has 0 fully saturated rings. The molecule has 26 heavy (non-hydrogen) atoms. The summed E-state index contributed by atoms with van der Waals surface area (Å²) >= 11 is 0. The van der Waals surface area contributed by atoms with Gasteiger partial charge in [-0.15, -0.1) is 17.0 Å². The first-order valence-corrected chi connectivity index (χ1v) is 8.66. The van der Waals surface area contributed by atoms with Gasteiger partial charge in [-0.2, -0.15) is 0 Å². The average Bonchev–Trinajstić information content (AvgIpc) is 2.47. The van der Waals surface area contributed by atoms with Crippen LogP contribution >= 0.6 is 24.6 Å². The van der Waals surface area contributed by atoms with Crippen molar-refractivity contribution >= 4 is 41.3 Å². The van der Waals surface area contributed by atoms with Gasteiger partial charge in [0.05, 0.1) is 16.0 Å². The molecule has 1 aromatic carbocycles. The highest BCUT2D eigenvalue weighted by atomic mass is 79.9. The zero-order valence-electron chi connectivity index (χ0n) is 14.0. The Morgan fingerprint density at radius 2 is 1.77 bits per heavy atom. The Hall–Kier alpha value is -1.85. The Morgan fingerprint density at radius 1 is 1.23 bits per heavy atom. The Bertz CT molecular complexity index is 1010. The average molecular weight is 453 g/mol. The summed E-state index contributed by atoms with van der Waals surface area (Å²) in [4.78, 5) is 58.4. The molecule has 0 aliphatic heterocycles. The lowest BCUT2D eigenvalue weighted by molar-refractivity contribution is -0.384. The van der Waals surface area contributed by atoms with E-state index in [-0.39, 0.29) is 45.8 Å². The Balaban J connectivity index is 0.00000338. The number of hydrogen-bond donors (Lipinski definition) is 4. The summed E-state index contributed by atoms with van der Waals surface area (Å²) in [7, 11) is -3.07. The van der Waals surface area contributed by atoms with Gasteiger partial charge in [0.15, 0.2) is 0 Å². The number of halogens is 1. The number of non-ortho nitro benzene ring substituents is 1. The fourth-order valence-corrected chi connectivity index (χ4v) is 2.70. The molecule has 0 aliphatic carbocycles. The standard InChI is InChI=1S/C13H17N4O7P.BrH/c1-13(2,25(22,23)24)16(3)6-7-4-8(17(20)21)5-9-10(7)15-12(19)11(18)14-9;/h4-5H,6H2,1-3H3,(H,14,18)(H,15,19)(H2,22,23,24);1H. The van der Waals surface area contributed by atoms with Crippen molar-refractivity contribution in [3.63, 3.8) is 0 Å². The first kappa shape index (κ1) is 22.2. The van der Waals surface area contributed by atoms with E-state index in [2.05, 4.69) is 9.97 Å². The molecule has 1 heterocycles. The topological polar surface area (TPSA) is 170 Å². The molecule has 0 saturated carbocycles. The van der Waals surface area contributed by atoms with Crippen LogP contribution in [0, 0.1) is 10.1 Å². The smallest absolute Gasteiger partial charge is 0.323 e. The van der Waals surface area contributed by atoms with Crippen molar-refractivity contribution in [3.8, 4) is 0 Å². The number of nitro groups is 1. The number of benzene rings is 1. The van der Waals surface area contributed by atoms with Gasteiger partial charge >= 0.3 is 18.7 Å². The molecule has 0 saturated heterocycles. The molecule has 1 aromatic heterocycles. The molecule has 0 amide bonds. The van der Waals surface area contributed by atoms with Crippen molar-refractivity contribution in [1.29, 1.82) is 0 Å². The lowest BCUT2D eigenvalue weighted by atomic mass is 10.1. The van der Waals surface area contributed by atoms with E-state index in [1.165, 1.54) is 31.9 Å². The predicted octanol–water partition coefficient (Wildman–Crippen LogP) is 1.05. The van der Waals surface area contributed by atoms with Gasteiger partial charge in [-0.25, -0.2) is 0 Å². The number of nitrogens with one attached hydrogen (secondary N) is 2. The van der Waals surface area contributed by atoms with Crippen LogP contribution in [-0.4, -0.2) is 41.9 Å². The van der Waals surface area contributed by atoms with Crippen LogP contribution in [0.3, 0.4) is 0 Å². The molecule has 0 bridgehead atoms. The molecule has 4 N–H and O–H groups in total. The Kier molecular flexibility index (Phi) is 6.32. The number of fused-ring (bicyclic) bond motifs is 1. The zero-order valence-corrected chi connectivity index (χ0v) is 16.7. The van der Waals surface area contributed by atoms with Crippen molar-refractivity contribution in [2.75, 3.05) is 7.05 Å². The van der Waals surface area contributed by atoms with Crippen LogP contribution in [0.2, 0.25) is 0 Å². The summed E-state index contributed by atoms with van der Waals surface area (Å²) < 4.78 is 11.7. The maximum atomic E-state index is 11.7. The van der Waals surface area contributed by atoms with Gasteiger partial charge in [0.2, 0.25) is 0 Å². The third kappa shape index (κ3) is 4.10. The van der Waals surface area contributed by atoms with Crippen molar-refractivity contribution in [3.05, 3.63) is 48.5 Å². The fourth-order valence-electron chi connectivity index (χ4n) is 2.18. The molecule has 11 nitrogen and oxygen atoms in total. The van der Waals surface area contributed by atoms with E-state index in [1.807, 2.05) is 0 Å². The quantitative estimate of drug-likeness (QED) is 0.225. The highest BCUT2D eigenvalue weighted by Gasteiger charge is 2.41. The second-order valence-electron chi connectivity index (χ2n) is 6.09. The predicted molar refractivity (Wildman–Crippen MR) is 99.8 cm³/mol. The number of aromatic amines is 2. The molecule has 144 valence electrons. The van der Waals surface area contributed by atoms with Crippen LogP contribution < -0.4 is 11.1 Å². The molecule has 2 rings (SSSR count). The lowest BCUT2D eigenvalue weighted by Gasteiger charge is -2.35. The van der Waals surface area contributed by atoms with E-state index >= 15 is 0 Å². The van der Waals surface area contributed by atoms with Crippen LogP contribution in [-0.2, 0) is 11.1 Å². The van der Waals surface area contributed by atoms with E-state index < -0.39 is 28.9 Å². The summed E-state index contributed by atoms with van der Waals surface area (Å²) in [6.45, 7) is 2.55. The number of aromatic nitrogens is 2. The summed E-state index contributed by atoms with van der Waals surface area (Å²) in [6, 6.07) is 2.28. The van der Waals surface area contributed by atoms with Gasteiger partial charge in [-0.05, 0) is 26.5 Å². The lowest BCUT2D eigenvalue weighted by Crippen LogP contribution is -2.40. The normalized spacial score (nSPS) is 12.2. The summed E-state index contributed by atoms with van der Waals surface area (Å²) in [5.74, 6) is 0. The van der Waals surface area contributed by atoms with E-state index in [0.717, 1.165) is 6.07 Å². The minimum Gasteiger partial charge on any atom is -0.323 e. The van der Waals surface area contributed by atoms with Gasteiger partial charge < -0.3 is 19.8 Å². The summed E-state index contributed by atoms with van der Waals surface area (Å²) in [5.41, 5.74) is -1.77. The molecule has 0 spiro atoms. The minimum atomic E-state index is -4.51. The number of nitro benzene ring substituents is 1. The van der Waals surface area contributed by atoms with E-state index in [0.29, 0.717) is 0 Å². The van der Waals surface area contributed by atoms with Crippen LogP contribution in [0.25, 0.3) is 11.0 Å². The maximum absolute atomic E-state index is 11.7. The van der Waals surface area contributed by atoms with Gasteiger partial charge in [0.25, 0.3) is 5.69 Å². The van der Waals surface area contributed by atoms with Crippen LogP contribution in [0.15, 0.2) is 21.7 Å². The summed E-state index contributed by atoms with van der Waals surface area (Å²) in [5, 5.41) is 9.54. The molecular formula is C13H18BrN4O7P. The number of nitrogens with zero attached hydrogens (tertiary/aromatic N) is 2. The van der Waals surface area contributed by atoms with E-state index in [1.54, 1.807) is 0 Å². The van der Waals surface area contributed by atoms with E-state index in [4.69, 9.17) is 0 Å². The van der Waals surface area contributed by atoms with Crippen LogP contribution in [0.1, 0.15) is 19.4 Å². The number of rotatable bonds is 5. The Labute approximate surface area is 157 Å². The highest BCUT2D eigenvalue weighted by Crippen LogP contribution is 2.51. The third-order valence-corrected chi connectivity index (χ3v) is 5.93. The maximum Gasteiger partial charge on any atom is 0.345 e. The molecule has 13 heteroatoms. The van der Waals surface area contributed by atoms with E-state index in [9.17, 15) is 34.1 Å².